The first-order valence-electron chi connectivity index (χ1n) is 5.50. The van der Waals surface area contributed by atoms with Gasteiger partial charge in [0.05, 0.1) is 0 Å². The largest absolute Gasteiger partial charge is 0.456 e. The lowest BCUT2D eigenvalue weighted by Crippen LogP contribution is -1.76. The first-order valence-corrected chi connectivity index (χ1v) is 5.87. The Labute approximate surface area is 105 Å². The minimum absolute atomic E-state index is 0.738. The number of para-hydroxylation sites is 1. The average Bonchev–Trinajstić information content (AvgIpc) is 2.69. The summed E-state index contributed by atoms with van der Waals surface area (Å²) in [5, 5.41) is 1.90. The van der Waals surface area contributed by atoms with Crippen molar-refractivity contribution < 1.29 is 4.42 Å². The molecule has 3 aromatic rings. The summed E-state index contributed by atoms with van der Waals surface area (Å²) in [6, 6.07) is 15.8. The monoisotopic (exact) mass is 242 g/mol. The van der Waals surface area contributed by atoms with Crippen LogP contribution in [0.25, 0.3) is 22.3 Å². The molecule has 0 fully saturated rings. The molecule has 1 aromatic heterocycles. The van der Waals surface area contributed by atoms with Crippen molar-refractivity contribution in [2.75, 3.05) is 0 Å². The first kappa shape index (κ1) is 10.4. The van der Waals surface area contributed by atoms with Crippen LogP contribution in [0.4, 0.5) is 0 Å². The lowest BCUT2D eigenvalue weighted by molar-refractivity contribution is 0.629. The maximum absolute atomic E-state index is 5.89. The van der Waals surface area contributed by atoms with Gasteiger partial charge in [-0.3, -0.25) is 0 Å². The quantitative estimate of drug-likeness (QED) is 0.581. The molecule has 2 aromatic carbocycles. The molecule has 0 N–H and O–H groups in total. The van der Waals surface area contributed by atoms with E-state index in [1.54, 1.807) is 0 Å². The van der Waals surface area contributed by atoms with Crippen LogP contribution in [0.1, 0.15) is 5.56 Å². The van der Waals surface area contributed by atoms with Gasteiger partial charge in [-0.25, -0.2) is 0 Å². The van der Waals surface area contributed by atoms with Gasteiger partial charge in [-0.05, 0) is 37.3 Å². The lowest BCUT2D eigenvalue weighted by Gasteiger charge is -1.98. The summed E-state index contributed by atoms with van der Waals surface area (Å²) in [5.74, 6) is 0.919. The molecule has 0 unspecified atom stereocenters. The third kappa shape index (κ3) is 1.73. The number of fused-ring (bicyclic) bond motifs is 1. The van der Waals surface area contributed by atoms with E-state index in [4.69, 9.17) is 16.0 Å². The SMILES string of the molecule is Cc1c(-c2ccc(Cl)cc2)oc2ccccc12. The van der Waals surface area contributed by atoms with Gasteiger partial charge in [0, 0.05) is 21.5 Å². The fraction of sp³-hybridized carbons (Fsp3) is 0.0667. The highest BCUT2D eigenvalue weighted by Crippen LogP contribution is 2.33. The van der Waals surface area contributed by atoms with E-state index >= 15 is 0 Å². The second-order valence-corrected chi connectivity index (χ2v) is 4.50. The fourth-order valence-corrected chi connectivity index (χ4v) is 2.18. The zero-order valence-electron chi connectivity index (χ0n) is 9.41. The Balaban J connectivity index is 2.24. The molecule has 0 saturated heterocycles. The molecule has 2 heteroatoms. The maximum Gasteiger partial charge on any atom is 0.138 e. The molecular formula is C15H11ClO. The summed E-state index contributed by atoms with van der Waals surface area (Å²) in [7, 11) is 0. The number of halogens is 1. The van der Waals surface area contributed by atoms with E-state index in [-0.39, 0.29) is 0 Å². The van der Waals surface area contributed by atoms with Gasteiger partial charge in [-0.2, -0.15) is 0 Å². The van der Waals surface area contributed by atoms with Crippen LogP contribution in [0.2, 0.25) is 5.02 Å². The van der Waals surface area contributed by atoms with E-state index in [2.05, 4.69) is 13.0 Å². The molecular weight excluding hydrogens is 232 g/mol. The first-order chi connectivity index (χ1) is 8.25. The molecule has 84 valence electrons. The van der Waals surface area contributed by atoms with Crippen molar-refractivity contribution in [1.29, 1.82) is 0 Å². The van der Waals surface area contributed by atoms with Crippen molar-refractivity contribution in [3.8, 4) is 11.3 Å². The third-order valence-corrected chi connectivity index (χ3v) is 3.20. The summed E-state index contributed by atoms with van der Waals surface area (Å²) < 4.78 is 5.88. The van der Waals surface area contributed by atoms with E-state index in [1.807, 2.05) is 42.5 Å². The Morgan fingerprint density at radius 2 is 1.65 bits per heavy atom. The highest BCUT2D eigenvalue weighted by atomic mass is 35.5. The van der Waals surface area contributed by atoms with Crippen LogP contribution in [0.3, 0.4) is 0 Å². The Morgan fingerprint density at radius 1 is 0.941 bits per heavy atom. The predicted molar refractivity (Wildman–Crippen MR) is 71.4 cm³/mol. The van der Waals surface area contributed by atoms with Crippen LogP contribution in [0, 0.1) is 6.92 Å². The summed E-state index contributed by atoms with van der Waals surface area (Å²) in [6.45, 7) is 2.08. The van der Waals surface area contributed by atoms with Crippen molar-refractivity contribution in [2.24, 2.45) is 0 Å². The van der Waals surface area contributed by atoms with Crippen LogP contribution in [0.5, 0.6) is 0 Å². The average molecular weight is 243 g/mol. The van der Waals surface area contributed by atoms with Crippen molar-refractivity contribution in [3.05, 3.63) is 59.1 Å². The van der Waals surface area contributed by atoms with E-state index in [0.717, 1.165) is 27.3 Å². The van der Waals surface area contributed by atoms with Crippen LogP contribution < -0.4 is 0 Å². The standard InChI is InChI=1S/C15H11ClO/c1-10-13-4-2-3-5-14(13)17-15(10)11-6-8-12(16)9-7-11/h2-9H,1H3. The number of aryl methyl sites for hydroxylation is 1. The molecule has 0 amide bonds. The van der Waals surface area contributed by atoms with E-state index in [0.29, 0.717) is 0 Å². The number of hydrogen-bond donors (Lipinski definition) is 0. The van der Waals surface area contributed by atoms with Crippen molar-refractivity contribution in [1.82, 2.24) is 0 Å². The molecule has 1 heterocycles. The molecule has 0 atom stereocenters. The molecule has 3 rings (SSSR count). The normalized spacial score (nSPS) is 10.9. The highest BCUT2D eigenvalue weighted by Gasteiger charge is 2.11. The van der Waals surface area contributed by atoms with Gasteiger partial charge >= 0.3 is 0 Å². The molecule has 0 radical (unpaired) electrons. The Morgan fingerprint density at radius 3 is 2.35 bits per heavy atom. The number of hydrogen-bond acceptors (Lipinski definition) is 1. The second-order valence-electron chi connectivity index (χ2n) is 4.06. The topological polar surface area (TPSA) is 13.1 Å². The van der Waals surface area contributed by atoms with Crippen LogP contribution >= 0.6 is 11.6 Å². The Hall–Kier alpha value is -1.73. The van der Waals surface area contributed by atoms with Gasteiger partial charge in [0.25, 0.3) is 0 Å². The number of rotatable bonds is 1. The zero-order valence-corrected chi connectivity index (χ0v) is 10.2. The van der Waals surface area contributed by atoms with Gasteiger partial charge in [0.2, 0.25) is 0 Å². The maximum atomic E-state index is 5.89. The molecule has 0 saturated carbocycles. The molecule has 0 aliphatic heterocycles. The van der Waals surface area contributed by atoms with Gasteiger partial charge in [-0.1, -0.05) is 29.8 Å². The smallest absolute Gasteiger partial charge is 0.138 e. The molecule has 17 heavy (non-hydrogen) atoms. The zero-order chi connectivity index (χ0) is 11.8. The summed E-state index contributed by atoms with van der Waals surface area (Å²) >= 11 is 5.89. The van der Waals surface area contributed by atoms with Gasteiger partial charge in [0.1, 0.15) is 11.3 Å². The minimum Gasteiger partial charge on any atom is -0.456 e. The van der Waals surface area contributed by atoms with Crippen LogP contribution in [-0.2, 0) is 0 Å². The highest BCUT2D eigenvalue weighted by molar-refractivity contribution is 6.30. The van der Waals surface area contributed by atoms with Crippen molar-refractivity contribution in [3.63, 3.8) is 0 Å². The number of furan rings is 1. The van der Waals surface area contributed by atoms with Crippen LogP contribution in [-0.4, -0.2) is 0 Å². The Bertz CT molecular complexity index is 665. The Kier molecular flexibility index (Phi) is 2.41. The van der Waals surface area contributed by atoms with Gasteiger partial charge in [0.15, 0.2) is 0 Å². The molecule has 0 aliphatic carbocycles. The fourth-order valence-electron chi connectivity index (χ4n) is 2.05. The molecule has 0 bridgehead atoms. The second kappa shape index (κ2) is 3.94. The van der Waals surface area contributed by atoms with Gasteiger partial charge < -0.3 is 4.42 Å². The summed E-state index contributed by atoms with van der Waals surface area (Å²) in [6.07, 6.45) is 0. The van der Waals surface area contributed by atoms with E-state index < -0.39 is 0 Å². The van der Waals surface area contributed by atoms with E-state index in [1.165, 1.54) is 5.56 Å². The summed E-state index contributed by atoms with van der Waals surface area (Å²) in [4.78, 5) is 0. The molecule has 1 nitrogen and oxygen atoms in total. The minimum atomic E-state index is 0.738. The number of benzene rings is 2. The lowest BCUT2D eigenvalue weighted by atomic mass is 10.1. The van der Waals surface area contributed by atoms with Gasteiger partial charge in [-0.15, -0.1) is 0 Å². The van der Waals surface area contributed by atoms with Crippen LogP contribution in [0.15, 0.2) is 52.9 Å². The van der Waals surface area contributed by atoms with E-state index in [9.17, 15) is 0 Å². The van der Waals surface area contributed by atoms with Crippen molar-refractivity contribution >= 4 is 22.6 Å². The predicted octanol–water partition coefficient (Wildman–Crippen LogP) is 5.06. The summed E-state index contributed by atoms with van der Waals surface area (Å²) in [5.41, 5.74) is 3.15. The molecule has 0 aliphatic rings. The van der Waals surface area contributed by atoms with Crippen molar-refractivity contribution in [2.45, 2.75) is 6.92 Å². The molecule has 0 spiro atoms. The third-order valence-electron chi connectivity index (χ3n) is 2.95.